The van der Waals surface area contributed by atoms with Gasteiger partial charge in [0.25, 0.3) is 0 Å². The highest BCUT2D eigenvalue weighted by atomic mass is 16.2. The predicted octanol–water partition coefficient (Wildman–Crippen LogP) is 6.98. The summed E-state index contributed by atoms with van der Waals surface area (Å²) in [6.45, 7) is 6.66. The van der Waals surface area contributed by atoms with Gasteiger partial charge in [0.15, 0.2) is 0 Å². The molecule has 0 saturated heterocycles. The van der Waals surface area contributed by atoms with Gasteiger partial charge in [0.1, 0.15) is 5.82 Å². The number of urea groups is 1. The molecule has 190 valence electrons. The Balaban J connectivity index is 1.51. The number of fused-ring (bicyclic) bond motifs is 3. The fourth-order valence-corrected chi connectivity index (χ4v) is 5.36. The number of hydrogen-bond acceptors (Lipinski definition) is 2. The summed E-state index contributed by atoms with van der Waals surface area (Å²) in [4.78, 5) is 16.0. The van der Waals surface area contributed by atoms with Crippen molar-refractivity contribution in [3.8, 4) is 11.5 Å². The van der Waals surface area contributed by atoms with Gasteiger partial charge in [0, 0.05) is 17.4 Å². The second kappa shape index (κ2) is 9.71. The number of nitrogens with one attached hydrogen (secondary N) is 1. The first-order chi connectivity index (χ1) is 18.5. The predicted molar refractivity (Wildman–Crippen MR) is 151 cm³/mol. The Morgan fingerprint density at radius 2 is 1.74 bits per heavy atom. The fourth-order valence-electron chi connectivity index (χ4n) is 5.36. The van der Waals surface area contributed by atoms with Crippen molar-refractivity contribution in [2.24, 2.45) is 0 Å². The van der Waals surface area contributed by atoms with Crippen LogP contribution in [0.4, 0.5) is 10.5 Å². The average Bonchev–Trinajstić information content (AvgIpc) is 3.50. The van der Waals surface area contributed by atoms with Gasteiger partial charge in [0.2, 0.25) is 0 Å². The minimum Gasteiger partial charge on any atom is -0.308 e. The van der Waals surface area contributed by atoms with Gasteiger partial charge >= 0.3 is 6.03 Å². The van der Waals surface area contributed by atoms with Gasteiger partial charge in [-0.15, -0.1) is 0 Å². The lowest BCUT2D eigenvalue weighted by Crippen LogP contribution is -2.38. The van der Waals surface area contributed by atoms with E-state index in [1.165, 1.54) is 5.56 Å². The minimum absolute atomic E-state index is 0.145. The summed E-state index contributed by atoms with van der Waals surface area (Å²) in [7, 11) is 0. The van der Waals surface area contributed by atoms with Gasteiger partial charge in [-0.05, 0) is 67.8 Å². The molecule has 0 bridgehead atoms. The van der Waals surface area contributed by atoms with Gasteiger partial charge in [-0.2, -0.15) is 5.10 Å². The number of carbonyl (C=O) groups is 1. The molecule has 1 atom stereocenters. The van der Waals surface area contributed by atoms with Gasteiger partial charge in [-0.25, -0.2) is 9.48 Å². The molecular formula is C32H31N5O. The molecule has 0 radical (unpaired) electrons. The number of amides is 2. The largest absolute Gasteiger partial charge is 0.322 e. The lowest BCUT2D eigenvalue weighted by atomic mass is 10.00. The summed E-state index contributed by atoms with van der Waals surface area (Å²) in [6.07, 6.45) is 3.03. The molecular weight excluding hydrogens is 470 g/mol. The zero-order chi connectivity index (χ0) is 26.2. The van der Waals surface area contributed by atoms with Crippen LogP contribution in [-0.2, 0) is 13.0 Å². The molecule has 6 rings (SSSR count). The smallest absolute Gasteiger partial charge is 0.308 e. The number of hydrogen-bond donors (Lipinski definition) is 1. The SMILES string of the molecule is CCc1ccc(NC(=O)N2Cc3c(C)nn(-c4ccccc4)c3-n3cccc3C2c2cccc(C)c2)cc1. The van der Waals surface area contributed by atoms with E-state index in [4.69, 9.17) is 5.10 Å². The Bertz CT molecular complexity index is 1600. The quantitative estimate of drug-likeness (QED) is 0.289. The first-order valence-corrected chi connectivity index (χ1v) is 13.1. The summed E-state index contributed by atoms with van der Waals surface area (Å²) >= 11 is 0. The van der Waals surface area contributed by atoms with Gasteiger partial charge in [0.05, 0.1) is 29.7 Å². The summed E-state index contributed by atoms with van der Waals surface area (Å²) in [5.74, 6) is 0.967. The Labute approximate surface area is 223 Å². The molecule has 2 amide bonds. The van der Waals surface area contributed by atoms with Crippen LogP contribution in [0.5, 0.6) is 0 Å². The molecule has 38 heavy (non-hydrogen) atoms. The van der Waals surface area contributed by atoms with E-state index in [0.717, 1.165) is 51.7 Å². The topological polar surface area (TPSA) is 55.1 Å². The maximum atomic E-state index is 14.1. The number of aryl methyl sites for hydroxylation is 3. The highest BCUT2D eigenvalue weighted by molar-refractivity contribution is 5.90. The number of rotatable bonds is 4. The highest BCUT2D eigenvalue weighted by Gasteiger charge is 2.36. The molecule has 6 heteroatoms. The summed E-state index contributed by atoms with van der Waals surface area (Å²) in [6, 6.07) is 30.4. The third kappa shape index (κ3) is 4.18. The number of nitrogens with zero attached hydrogens (tertiary/aromatic N) is 4. The number of para-hydroxylation sites is 1. The molecule has 1 N–H and O–H groups in total. The Kier molecular flexibility index (Phi) is 6.08. The van der Waals surface area contributed by atoms with E-state index in [0.29, 0.717) is 6.54 Å². The number of carbonyl (C=O) groups excluding carboxylic acids is 1. The molecule has 0 fully saturated rings. The number of anilines is 1. The van der Waals surface area contributed by atoms with Crippen LogP contribution >= 0.6 is 0 Å². The standard InChI is InChI=1S/C32H31N5O/c1-4-24-15-17-26(18-16-24)33-32(38)36-21-28-23(3)34-37(27-12-6-5-7-13-27)31(28)35-19-9-14-29(35)30(36)25-11-8-10-22(2)20-25/h5-20,30H,4,21H2,1-3H3,(H,33,38). The van der Waals surface area contributed by atoms with Crippen molar-refractivity contribution >= 4 is 11.7 Å². The van der Waals surface area contributed by atoms with Crippen molar-refractivity contribution in [1.82, 2.24) is 19.2 Å². The van der Waals surface area contributed by atoms with E-state index >= 15 is 0 Å². The van der Waals surface area contributed by atoms with Crippen LogP contribution in [0, 0.1) is 13.8 Å². The molecule has 6 nitrogen and oxygen atoms in total. The molecule has 3 aromatic carbocycles. The van der Waals surface area contributed by atoms with Crippen LogP contribution in [0.1, 0.15) is 46.6 Å². The Morgan fingerprint density at radius 1 is 0.947 bits per heavy atom. The first-order valence-electron chi connectivity index (χ1n) is 13.1. The van der Waals surface area contributed by atoms with Crippen molar-refractivity contribution in [1.29, 1.82) is 0 Å². The van der Waals surface area contributed by atoms with Crippen LogP contribution in [0.25, 0.3) is 11.5 Å². The molecule has 5 aromatic rings. The average molecular weight is 502 g/mol. The van der Waals surface area contributed by atoms with Crippen molar-refractivity contribution in [2.75, 3.05) is 5.32 Å². The van der Waals surface area contributed by atoms with Crippen molar-refractivity contribution in [3.63, 3.8) is 0 Å². The van der Waals surface area contributed by atoms with Crippen LogP contribution in [-0.4, -0.2) is 25.3 Å². The van der Waals surface area contributed by atoms with E-state index in [-0.39, 0.29) is 12.1 Å². The van der Waals surface area contributed by atoms with Crippen LogP contribution in [0.2, 0.25) is 0 Å². The molecule has 1 aliphatic heterocycles. The number of aromatic nitrogens is 3. The van der Waals surface area contributed by atoms with E-state index < -0.39 is 0 Å². The Morgan fingerprint density at radius 3 is 2.47 bits per heavy atom. The summed E-state index contributed by atoms with van der Waals surface area (Å²) in [5.41, 5.74) is 8.18. The molecule has 0 saturated carbocycles. The molecule has 1 unspecified atom stereocenters. The zero-order valence-electron chi connectivity index (χ0n) is 21.9. The maximum absolute atomic E-state index is 14.1. The highest BCUT2D eigenvalue weighted by Crippen LogP contribution is 2.39. The van der Waals surface area contributed by atoms with E-state index in [1.807, 2.05) is 52.9 Å². The lowest BCUT2D eigenvalue weighted by molar-refractivity contribution is 0.194. The third-order valence-electron chi connectivity index (χ3n) is 7.32. The molecule has 1 aliphatic rings. The van der Waals surface area contributed by atoms with Crippen molar-refractivity contribution in [2.45, 2.75) is 39.8 Å². The van der Waals surface area contributed by atoms with E-state index in [9.17, 15) is 4.79 Å². The lowest BCUT2D eigenvalue weighted by Gasteiger charge is -2.31. The normalized spacial score (nSPS) is 14.5. The van der Waals surface area contributed by atoms with Crippen LogP contribution in [0.3, 0.4) is 0 Å². The van der Waals surface area contributed by atoms with Gasteiger partial charge < -0.3 is 14.8 Å². The van der Waals surface area contributed by atoms with Crippen LogP contribution in [0.15, 0.2) is 97.2 Å². The fraction of sp³-hybridized carbons (Fsp3) is 0.188. The monoisotopic (exact) mass is 501 g/mol. The van der Waals surface area contributed by atoms with Gasteiger partial charge in [-0.3, -0.25) is 0 Å². The van der Waals surface area contributed by atoms with Gasteiger partial charge in [-0.1, -0.05) is 67.1 Å². The zero-order valence-corrected chi connectivity index (χ0v) is 21.9. The second-order valence-corrected chi connectivity index (χ2v) is 9.86. The van der Waals surface area contributed by atoms with E-state index in [1.54, 1.807) is 0 Å². The van der Waals surface area contributed by atoms with Crippen molar-refractivity contribution in [3.05, 3.63) is 131 Å². The first kappa shape index (κ1) is 23.8. The molecule has 0 spiro atoms. The maximum Gasteiger partial charge on any atom is 0.322 e. The number of benzene rings is 3. The van der Waals surface area contributed by atoms with Crippen LogP contribution < -0.4 is 5.32 Å². The van der Waals surface area contributed by atoms with E-state index in [2.05, 4.69) is 84.5 Å². The third-order valence-corrected chi connectivity index (χ3v) is 7.32. The molecule has 0 aliphatic carbocycles. The minimum atomic E-state index is -0.282. The summed E-state index contributed by atoms with van der Waals surface area (Å²) in [5, 5.41) is 8.10. The molecule has 3 heterocycles. The summed E-state index contributed by atoms with van der Waals surface area (Å²) < 4.78 is 4.19. The molecule has 2 aromatic heterocycles. The van der Waals surface area contributed by atoms with Crippen molar-refractivity contribution < 1.29 is 4.79 Å². The Hall–Kier alpha value is -4.58. The second-order valence-electron chi connectivity index (χ2n) is 9.86.